The minimum Gasteiger partial charge on any atom is -0.476 e. The summed E-state index contributed by atoms with van der Waals surface area (Å²) >= 11 is 0. The lowest BCUT2D eigenvalue weighted by molar-refractivity contribution is 0.0687. The minimum atomic E-state index is -1.05. The van der Waals surface area contributed by atoms with Crippen LogP contribution in [-0.2, 0) is 5.41 Å². The first kappa shape index (κ1) is 15.9. The van der Waals surface area contributed by atoms with Crippen molar-refractivity contribution in [3.63, 3.8) is 0 Å². The van der Waals surface area contributed by atoms with Crippen molar-refractivity contribution in [2.24, 2.45) is 0 Å². The monoisotopic (exact) mass is 321 g/mol. The van der Waals surface area contributed by atoms with Crippen molar-refractivity contribution < 1.29 is 9.90 Å². The van der Waals surface area contributed by atoms with Crippen LogP contribution in [0.2, 0.25) is 0 Å². The standard InChI is InChI=1S/C19H19N3O2/c1-19(2,3)16-7-5-4-6-15(16)13-8-10-14(11-9-13)22-17(18(23)24)12-20-21-22/h4-12H,1-3H3,(H,23,24). The fourth-order valence-electron chi connectivity index (χ4n) is 2.74. The molecule has 24 heavy (non-hydrogen) atoms. The molecule has 0 radical (unpaired) electrons. The Labute approximate surface area is 140 Å². The molecule has 0 saturated carbocycles. The summed E-state index contributed by atoms with van der Waals surface area (Å²) in [6.07, 6.45) is 1.24. The molecular weight excluding hydrogens is 302 g/mol. The number of rotatable bonds is 3. The smallest absolute Gasteiger partial charge is 0.356 e. The highest BCUT2D eigenvalue weighted by Crippen LogP contribution is 2.33. The maximum absolute atomic E-state index is 11.2. The molecule has 0 bridgehead atoms. The Hall–Kier alpha value is -2.95. The van der Waals surface area contributed by atoms with E-state index >= 15 is 0 Å². The van der Waals surface area contributed by atoms with Crippen molar-refractivity contribution >= 4 is 5.97 Å². The lowest BCUT2D eigenvalue weighted by Gasteiger charge is -2.23. The number of carbonyl (C=O) groups is 1. The SMILES string of the molecule is CC(C)(C)c1ccccc1-c1ccc(-n2nncc2C(=O)O)cc1. The predicted octanol–water partition coefficient (Wildman–Crippen LogP) is 3.93. The van der Waals surface area contributed by atoms with Crippen LogP contribution in [0.5, 0.6) is 0 Å². The van der Waals surface area contributed by atoms with E-state index in [2.05, 4.69) is 43.2 Å². The van der Waals surface area contributed by atoms with E-state index in [1.54, 1.807) is 0 Å². The molecule has 122 valence electrons. The third-order valence-corrected chi connectivity index (χ3v) is 3.93. The molecule has 0 atom stereocenters. The zero-order valence-electron chi connectivity index (χ0n) is 13.9. The van der Waals surface area contributed by atoms with Crippen LogP contribution in [0.15, 0.2) is 54.7 Å². The molecule has 5 nitrogen and oxygen atoms in total. The highest BCUT2D eigenvalue weighted by atomic mass is 16.4. The van der Waals surface area contributed by atoms with Gasteiger partial charge in [0.2, 0.25) is 0 Å². The number of hydrogen-bond donors (Lipinski definition) is 1. The van der Waals surface area contributed by atoms with Crippen molar-refractivity contribution in [3.8, 4) is 16.8 Å². The number of benzene rings is 2. The van der Waals surface area contributed by atoms with E-state index < -0.39 is 5.97 Å². The van der Waals surface area contributed by atoms with Crippen LogP contribution in [-0.4, -0.2) is 26.1 Å². The quantitative estimate of drug-likeness (QED) is 0.793. The number of aromatic nitrogens is 3. The van der Waals surface area contributed by atoms with Crippen LogP contribution in [0.4, 0.5) is 0 Å². The van der Waals surface area contributed by atoms with E-state index in [0.717, 1.165) is 5.56 Å². The minimum absolute atomic E-state index is 0.0393. The summed E-state index contributed by atoms with van der Waals surface area (Å²) in [6.45, 7) is 6.57. The summed E-state index contributed by atoms with van der Waals surface area (Å²) in [5.41, 5.74) is 4.27. The third kappa shape index (κ3) is 2.93. The van der Waals surface area contributed by atoms with Crippen molar-refractivity contribution in [3.05, 3.63) is 66.0 Å². The van der Waals surface area contributed by atoms with Crippen LogP contribution >= 0.6 is 0 Å². The second kappa shape index (κ2) is 5.92. The molecule has 3 aromatic rings. The Morgan fingerprint density at radius 3 is 2.33 bits per heavy atom. The zero-order valence-corrected chi connectivity index (χ0v) is 13.9. The van der Waals surface area contributed by atoms with Crippen LogP contribution in [0.3, 0.4) is 0 Å². The Kier molecular flexibility index (Phi) is 3.93. The van der Waals surface area contributed by atoms with Crippen LogP contribution in [0.25, 0.3) is 16.8 Å². The molecule has 1 aromatic heterocycles. The van der Waals surface area contributed by atoms with Gasteiger partial charge in [-0.15, -0.1) is 5.10 Å². The third-order valence-electron chi connectivity index (χ3n) is 3.93. The second-order valence-electron chi connectivity index (χ2n) is 6.68. The van der Waals surface area contributed by atoms with Gasteiger partial charge >= 0.3 is 5.97 Å². The molecule has 0 spiro atoms. The second-order valence-corrected chi connectivity index (χ2v) is 6.68. The molecule has 0 aliphatic heterocycles. The van der Waals surface area contributed by atoms with E-state index in [9.17, 15) is 9.90 Å². The van der Waals surface area contributed by atoms with Gasteiger partial charge in [0.1, 0.15) is 0 Å². The first-order valence-electron chi connectivity index (χ1n) is 7.72. The van der Waals surface area contributed by atoms with Crippen LogP contribution in [0.1, 0.15) is 36.8 Å². The summed E-state index contributed by atoms with van der Waals surface area (Å²) in [5.74, 6) is -1.05. The van der Waals surface area contributed by atoms with Gasteiger partial charge in [0.05, 0.1) is 11.9 Å². The maximum Gasteiger partial charge on any atom is 0.356 e. The number of nitrogens with zero attached hydrogens (tertiary/aromatic N) is 3. The molecule has 1 heterocycles. The lowest BCUT2D eigenvalue weighted by atomic mass is 9.82. The number of carboxylic acids is 1. The molecule has 0 unspecified atom stereocenters. The molecule has 0 fully saturated rings. The molecule has 5 heteroatoms. The van der Waals surface area contributed by atoms with Gasteiger partial charge in [-0.1, -0.05) is 62.4 Å². The van der Waals surface area contributed by atoms with Gasteiger partial charge in [-0.3, -0.25) is 0 Å². The Balaban J connectivity index is 2.03. The van der Waals surface area contributed by atoms with Gasteiger partial charge in [0.15, 0.2) is 5.69 Å². The summed E-state index contributed by atoms with van der Waals surface area (Å²) in [5, 5.41) is 16.7. The van der Waals surface area contributed by atoms with Crippen molar-refractivity contribution in [2.75, 3.05) is 0 Å². The molecule has 0 saturated heterocycles. The Morgan fingerprint density at radius 1 is 1.04 bits per heavy atom. The van der Waals surface area contributed by atoms with Gasteiger partial charge in [0.25, 0.3) is 0 Å². The molecule has 0 aliphatic carbocycles. The van der Waals surface area contributed by atoms with Gasteiger partial charge in [-0.05, 0) is 34.2 Å². The van der Waals surface area contributed by atoms with Crippen molar-refractivity contribution in [2.45, 2.75) is 26.2 Å². The summed E-state index contributed by atoms with van der Waals surface area (Å²) in [6, 6.07) is 16.0. The first-order chi connectivity index (χ1) is 11.4. The van der Waals surface area contributed by atoms with Gasteiger partial charge < -0.3 is 5.11 Å². The van der Waals surface area contributed by atoms with Crippen LogP contribution < -0.4 is 0 Å². The molecular formula is C19H19N3O2. The molecule has 2 aromatic carbocycles. The average Bonchev–Trinajstić information content (AvgIpc) is 3.04. The number of hydrogen-bond acceptors (Lipinski definition) is 3. The van der Waals surface area contributed by atoms with Gasteiger partial charge in [0, 0.05) is 0 Å². The zero-order chi connectivity index (χ0) is 17.3. The normalized spacial score (nSPS) is 11.5. The van der Waals surface area contributed by atoms with E-state index in [1.165, 1.54) is 22.0 Å². The van der Waals surface area contributed by atoms with Crippen molar-refractivity contribution in [1.82, 2.24) is 15.0 Å². The first-order valence-corrected chi connectivity index (χ1v) is 7.72. The molecule has 0 amide bonds. The number of carboxylic acid groups (broad SMARTS) is 1. The van der Waals surface area contributed by atoms with E-state index in [0.29, 0.717) is 5.69 Å². The summed E-state index contributed by atoms with van der Waals surface area (Å²) < 4.78 is 1.32. The predicted molar refractivity (Wildman–Crippen MR) is 92.5 cm³/mol. The largest absolute Gasteiger partial charge is 0.476 e. The van der Waals surface area contributed by atoms with Crippen molar-refractivity contribution in [1.29, 1.82) is 0 Å². The molecule has 0 aliphatic rings. The van der Waals surface area contributed by atoms with E-state index in [4.69, 9.17) is 0 Å². The topological polar surface area (TPSA) is 68.0 Å². The Bertz CT molecular complexity index is 874. The molecule has 1 N–H and O–H groups in total. The average molecular weight is 321 g/mol. The highest BCUT2D eigenvalue weighted by molar-refractivity contribution is 5.85. The van der Waals surface area contributed by atoms with E-state index in [1.807, 2.05) is 36.4 Å². The fourth-order valence-corrected chi connectivity index (χ4v) is 2.74. The Morgan fingerprint density at radius 2 is 1.71 bits per heavy atom. The summed E-state index contributed by atoms with van der Waals surface area (Å²) in [7, 11) is 0. The molecule has 3 rings (SSSR count). The highest BCUT2D eigenvalue weighted by Gasteiger charge is 2.18. The van der Waals surface area contributed by atoms with Gasteiger partial charge in [-0.2, -0.15) is 0 Å². The maximum atomic E-state index is 11.2. The summed E-state index contributed by atoms with van der Waals surface area (Å²) in [4.78, 5) is 11.2. The number of aromatic carboxylic acids is 1. The van der Waals surface area contributed by atoms with E-state index in [-0.39, 0.29) is 11.1 Å². The lowest BCUT2D eigenvalue weighted by Crippen LogP contribution is -2.12. The van der Waals surface area contributed by atoms with Crippen LogP contribution in [0, 0.1) is 0 Å². The fraction of sp³-hybridized carbons (Fsp3) is 0.211. The van der Waals surface area contributed by atoms with Gasteiger partial charge in [-0.25, -0.2) is 9.48 Å².